The van der Waals surface area contributed by atoms with Gasteiger partial charge < -0.3 is 15.4 Å². The molecule has 180 valence electrons. The van der Waals surface area contributed by atoms with Gasteiger partial charge in [0, 0.05) is 29.3 Å². The van der Waals surface area contributed by atoms with Crippen LogP contribution in [0.5, 0.6) is 11.6 Å². The second-order valence-corrected chi connectivity index (χ2v) is 9.27. The van der Waals surface area contributed by atoms with Crippen molar-refractivity contribution < 1.29 is 14.3 Å². The third-order valence-corrected chi connectivity index (χ3v) is 5.94. The summed E-state index contributed by atoms with van der Waals surface area (Å²) in [5.41, 5.74) is 1.68. The van der Waals surface area contributed by atoms with Gasteiger partial charge in [0.25, 0.3) is 5.91 Å². The molecule has 1 aliphatic rings. The number of hydrogen-bond acceptors (Lipinski definition) is 6. The Balaban J connectivity index is 1.29. The molecule has 4 aromatic rings. The third kappa shape index (κ3) is 5.03. The molecule has 0 radical (unpaired) electrons. The maximum atomic E-state index is 12.8. The van der Waals surface area contributed by atoms with Crippen molar-refractivity contribution in [3.8, 4) is 17.7 Å². The van der Waals surface area contributed by atoms with Gasteiger partial charge in [0.2, 0.25) is 11.8 Å². The summed E-state index contributed by atoms with van der Waals surface area (Å²) in [7, 11) is 0. The number of carbonyl (C=O) groups is 2. The largest absolute Gasteiger partial charge is 0.438 e. The Labute approximate surface area is 207 Å². The Morgan fingerprint density at radius 1 is 1.08 bits per heavy atom. The fraction of sp³-hybridized carbons (Fsp3) is 0.222. The summed E-state index contributed by atoms with van der Waals surface area (Å²) >= 11 is 0. The van der Waals surface area contributed by atoms with Crippen LogP contribution in [-0.2, 0) is 10.2 Å². The van der Waals surface area contributed by atoms with E-state index in [0.29, 0.717) is 34.3 Å². The molecule has 9 heteroatoms. The van der Waals surface area contributed by atoms with Crippen LogP contribution in [0.4, 0.5) is 11.5 Å². The molecule has 9 nitrogen and oxygen atoms in total. The Hall–Kier alpha value is -4.71. The number of carbonyl (C=O) groups excluding carboxylic acids is 2. The molecular weight excluding hydrogens is 456 g/mol. The number of hydrogen-bond donors (Lipinski definition) is 2. The average Bonchev–Trinajstić information content (AvgIpc) is 3.65. The number of rotatable bonds is 7. The molecule has 0 spiro atoms. The van der Waals surface area contributed by atoms with Crippen LogP contribution in [0.1, 0.15) is 42.6 Å². The van der Waals surface area contributed by atoms with Gasteiger partial charge in [-0.3, -0.25) is 9.59 Å². The first-order valence-corrected chi connectivity index (χ1v) is 11.6. The van der Waals surface area contributed by atoms with Crippen molar-refractivity contribution in [3.63, 3.8) is 0 Å². The monoisotopic (exact) mass is 480 g/mol. The first-order chi connectivity index (χ1) is 17.3. The number of ether oxygens (including phenoxy) is 1. The molecule has 0 saturated heterocycles. The van der Waals surface area contributed by atoms with Crippen molar-refractivity contribution in [2.75, 3.05) is 10.6 Å². The lowest BCUT2D eigenvalue weighted by Gasteiger charge is -2.16. The molecule has 1 aliphatic carbocycles. The molecule has 0 unspecified atom stereocenters. The Morgan fingerprint density at radius 3 is 2.67 bits per heavy atom. The number of benzene rings is 2. The van der Waals surface area contributed by atoms with Gasteiger partial charge in [-0.1, -0.05) is 18.2 Å². The number of nitrogens with zero attached hydrogens (tertiary/aromatic N) is 4. The highest BCUT2D eigenvalue weighted by atomic mass is 16.5. The minimum Gasteiger partial charge on any atom is -0.438 e. The van der Waals surface area contributed by atoms with E-state index in [0.717, 1.165) is 18.4 Å². The van der Waals surface area contributed by atoms with Gasteiger partial charge >= 0.3 is 0 Å². The summed E-state index contributed by atoms with van der Waals surface area (Å²) in [5.74, 6) is 0.997. The fourth-order valence-corrected chi connectivity index (χ4v) is 3.63. The fourth-order valence-electron chi connectivity index (χ4n) is 3.63. The van der Waals surface area contributed by atoms with Gasteiger partial charge in [0.05, 0.1) is 17.7 Å². The van der Waals surface area contributed by atoms with E-state index in [1.807, 2.05) is 12.1 Å². The molecule has 0 bridgehead atoms. The molecule has 0 aliphatic heterocycles. The molecule has 2 amide bonds. The molecule has 2 aromatic heterocycles. The van der Waals surface area contributed by atoms with Gasteiger partial charge in [-0.15, -0.1) is 5.10 Å². The van der Waals surface area contributed by atoms with E-state index in [9.17, 15) is 14.9 Å². The standard InChI is InChI=1S/C27H24N6O3/c1-27(2,16-28)19-6-3-5-18(13-19)26(35)31-22-15-33-23(30-22)11-12-24(32-33)36-21-8-4-7-20(14-21)29-25(34)17-9-10-17/h3-8,11-15,17H,9-10H2,1-2H3,(H,29,34)(H,31,35). The number of nitriles is 1. The van der Waals surface area contributed by atoms with Crippen molar-refractivity contribution in [1.29, 1.82) is 5.26 Å². The zero-order valence-corrected chi connectivity index (χ0v) is 19.9. The lowest BCUT2D eigenvalue weighted by molar-refractivity contribution is -0.117. The minimum atomic E-state index is -0.706. The third-order valence-electron chi connectivity index (χ3n) is 5.94. The van der Waals surface area contributed by atoms with Crippen molar-refractivity contribution in [1.82, 2.24) is 14.6 Å². The maximum absolute atomic E-state index is 12.8. The molecule has 1 fully saturated rings. The summed E-state index contributed by atoms with van der Waals surface area (Å²) in [6.07, 6.45) is 3.46. The second-order valence-electron chi connectivity index (χ2n) is 9.27. The molecule has 36 heavy (non-hydrogen) atoms. The number of imidazole rings is 1. The Bertz CT molecular complexity index is 1510. The summed E-state index contributed by atoms with van der Waals surface area (Å²) < 4.78 is 7.39. The molecule has 2 aromatic carbocycles. The van der Waals surface area contributed by atoms with Crippen LogP contribution >= 0.6 is 0 Å². The normalized spacial score (nSPS) is 13.1. The van der Waals surface area contributed by atoms with Crippen LogP contribution < -0.4 is 15.4 Å². The lowest BCUT2D eigenvalue weighted by atomic mass is 9.85. The lowest BCUT2D eigenvalue weighted by Crippen LogP contribution is -2.17. The molecule has 5 rings (SSSR count). The van der Waals surface area contributed by atoms with Gasteiger partial charge in [-0.05, 0) is 62.6 Å². The van der Waals surface area contributed by atoms with E-state index in [-0.39, 0.29) is 17.7 Å². The van der Waals surface area contributed by atoms with E-state index < -0.39 is 5.41 Å². The number of amides is 2. The summed E-state index contributed by atoms with van der Waals surface area (Å²) in [4.78, 5) is 29.2. The number of aromatic nitrogens is 3. The van der Waals surface area contributed by atoms with Gasteiger partial charge in [0.15, 0.2) is 11.5 Å². The molecule has 2 N–H and O–H groups in total. The first-order valence-electron chi connectivity index (χ1n) is 11.6. The second kappa shape index (κ2) is 9.15. The smallest absolute Gasteiger partial charge is 0.256 e. The van der Waals surface area contributed by atoms with Crippen LogP contribution in [0.3, 0.4) is 0 Å². The van der Waals surface area contributed by atoms with E-state index in [1.54, 1.807) is 68.6 Å². The predicted molar refractivity (Wildman–Crippen MR) is 134 cm³/mol. The topological polar surface area (TPSA) is 121 Å². The number of fused-ring (bicyclic) bond motifs is 1. The van der Waals surface area contributed by atoms with Crippen molar-refractivity contribution in [3.05, 3.63) is 78.0 Å². The maximum Gasteiger partial charge on any atom is 0.256 e. The number of nitrogens with one attached hydrogen (secondary N) is 2. The Morgan fingerprint density at radius 2 is 1.89 bits per heavy atom. The van der Waals surface area contributed by atoms with Crippen molar-refractivity contribution in [2.24, 2.45) is 5.92 Å². The highest BCUT2D eigenvalue weighted by Gasteiger charge is 2.29. The van der Waals surface area contributed by atoms with Crippen LogP contribution in [0, 0.1) is 17.2 Å². The van der Waals surface area contributed by atoms with Gasteiger partial charge in [-0.25, -0.2) is 9.50 Å². The highest BCUT2D eigenvalue weighted by Crippen LogP contribution is 2.31. The molecule has 1 saturated carbocycles. The number of anilines is 2. The van der Waals surface area contributed by atoms with E-state index in [2.05, 4.69) is 26.8 Å². The Kier molecular flexibility index (Phi) is 5.86. The van der Waals surface area contributed by atoms with E-state index in [1.165, 1.54) is 4.52 Å². The SMILES string of the molecule is CC(C)(C#N)c1cccc(C(=O)Nc2cn3nc(Oc4cccc(NC(=O)C5CC5)c4)ccc3n2)c1. The first kappa shape index (κ1) is 23.1. The minimum absolute atomic E-state index is 0.0280. The van der Waals surface area contributed by atoms with Gasteiger partial charge in [0.1, 0.15) is 5.75 Å². The van der Waals surface area contributed by atoms with Crippen LogP contribution in [0.25, 0.3) is 5.65 Å². The zero-order valence-electron chi connectivity index (χ0n) is 19.9. The van der Waals surface area contributed by atoms with Crippen LogP contribution in [0.2, 0.25) is 0 Å². The summed E-state index contributed by atoms with van der Waals surface area (Å²) in [6, 6.07) is 19.8. The average molecular weight is 481 g/mol. The van der Waals surface area contributed by atoms with Crippen LogP contribution in [0.15, 0.2) is 66.9 Å². The van der Waals surface area contributed by atoms with Crippen molar-refractivity contribution >= 4 is 29.0 Å². The highest BCUT2D eigenvalue weighted by molar-refractivity contribution is 6.04. The molecule has 2 heterocycles. The predicted octanol–water partition coefficient (Wildman–Crippen LogP) is 4.92. The van der Waals surface area contributed by atoms with E-state index >= 15 is 0 Å². The van der Waals surface area contributed by atoms with E-state index in [4.69, 9.17) is 4.74 Å². The molecular formula is C27H24N6O3. The van der Waals surface area contributed by atoms with Crippen molar-refractivity contribution in [2.45, 2.75) is 32.1 Å². The molecule has 0 atom stereocenters. The summed E-state index contributed by atoms with van der Waals surface area (Å²) in [6.45, 7) is 3.61. The zero-order chi connectivity index (χ0) is 25.3. The van der Waals surface area contributed by atoms with Crippen LogP contribution in [-0.4, -0.2) is 26.4 Å². The quantitative estimate of drug-likeness (QED) is 0.387. The van der Waals surface area contributed by atoms with Gasteiger partial charge in [-0.2, -0.15) is 5.26 Å². The summed E-state index contributed by atoms with van der Waals surface area (Å²) in [5, 5.41) is 19.5.